The number of nitrogens with zero attached hydrogens (tertiary/aromatic N) is 3. The maximum Gasteiger partial charge on any atom is 0.274 e. The molecule has 2 aromatic rings. The van der Waals surface area contributed by atoms with E-state index in [1.165, 1.54) is 0 Å². The Bertz CT molecular complexity index is 864. The highest BCUT2D eigenvalue weighted by Crippen LogP contribution is 2.33. The molecule has 0 saturated carbocycles. The number of rotatable bonds is 2. The third-order valence-electron chi connectivity index (χ3n) is 5.37. The number of carbonyl (C=O) groups excluding carboxylic acids is 1. The third kappa shape index (κ3) is 2.37. The van der Waals surface area contributed by atoms with E-state index in [1.54, 1.807) is 0 Å². The van der Waals surface area contributed by atoms with Gasteiger partial charge in [-0.2, -0.15) is 0 Å². The Labute approximate surface area is 148 Å². The predicted octanol–water partition coefficient (Wildman–Crippen LogP) is 1.43. The number of imidazole rings is 1. The molecule has 5 rings (SSSR count). The van der Waals surface area contributed by atoms with Crippen molar-refractivity contribution in [1.82, 2.24) is 14.5 Å². The normalized spacial score (nSPS) is 27.5. The molecule has 0 spiro atoms. The Morgan fingerprint density at radius 2 is 2.12 bits per heavy atom. The summed E-state index contributed by atoms with van der Waals surface area (Å²) in [5.41, 5.74) is 2.37. The number of aromatic nitrogens is 2. The van der Waals surface area contributed by atoms with Crippen LogP contribution in [0.15, 0.2) is 30.3 Å². The first-order valence-corrected chi connectivity index (χ1v) is 10.0. The van der Waals surface area contributed by atoms with E-state index in [2.05, 4.69) is 4.57 Å². The van der Waals surface area contributed by atoms with Gasteiger partial charge in [-0.1, -0.05) is 30.3 Å². The van der Waals surface area contributed by atoms with Gasteiger partial charge in [-0.05, 0) is 6.42 Å². The highest BCUT2D eigenvalue weighted by Gasteiger charge is 2.46. The van der Waals surface area contributed by atoms with Crippen LogP contribution in [0.5, 0.6) is 0 Å². The second kappa shape index (κ2) is 5.78. The molecular weight excluding hydrogens is 338 g/mol. The first-order chi connectivity index (χ1) is 12.2. The minimum Gasteiger partial charge on any atom is -0.373 e. The molecule has 25 heavy (non-hydrogen) atoms. The van der Waals surface area contributed by atoms with Crippen molar-refractivity contribution < 1.29 is 13.7 Å². The van der Waals surface area contributed by atoms with Gasteiger partial charge >= 0.3 is 0 Å². The summed E-state index contributed by atoms with van der Waals surface area (Å²) in [6.45, 7) is 2.33. The van der Waals surface area contributed by atoms with Crippen molar-refractivity contribution in [3.63, 3.8) is 0 Å². The van der Waals surface area contributed by atoms with Crippen molar-refractivity contribution in [2.45, 2.75) is 30.9 Å². The van der Waals surface area contributed by atoms with Gasteiger partial charge < -0.3 is 14.2 Å². The lowest BCUT2D eigenvalue weighted by Gasteiger charge is -2.26. The van der Waals surface area contributed by atoms with Gasteiger partial charge in [0.25, 0.3) is 5.91 Å². The first kappa shape index (κ1) is 15.3. The SMILES string of the molecule is O=C(c1nc(-c2ccccc2)n2c1COCC2)N1C[C@@H]2C[C@H]1CS2=O. The lowest BCUT2D eigenvalue weighted by molar-refractivity contribution is 0.0701. The average Bonchev–Trinajstić information content (AvgIpc) is 3.33. The molecule has 3 aliphatic heterocycles. The fourth-order valence-electron chi connectivity index (χ4n) is 4.11. The quantitative estimate of drug-likeness (QED) is 0.816. The van der Waals surface area contributed by atoms with Crippen LogP contribution in [-0.2, 0) is 28.7 Å². The van der Waals surface area contributed by atoms with Crippen molar-refractivity contribution in [3.8, 4) is 11.4 Å². The number of ether oxygens (including phenoxy) is 1. The summed E-state index contributed by atoms with van der Waals surface area (Å²) in [5.74, 6) is 1.39. The summed E-state index contributed by atoms with van der Waals surface area (Å²) >= 11 is 0. The molecule has 2 saturated heterocycles. The van der Waals surface area contributed by atoms with E-state index < -0.39 is 10.8 Å². The minimum atomic E-state index is -0.775. The molecular formula is C18H19N3O3S. The van der Waals surface area contributed by atoms with Gasteiger partial charge in [-0.3, -0.25) is 9.00 Å². The summed E-state index contributed by atoms with van der Waals surface area (Å²) in [6, 6.07) is 10.1. The van der Waals surface area contributed by atoms with E-state index in [4.69, 9.17) is 9.72 Å². The maximum absolute atomic E-state index is 13.2. The molecule has 1 unspecified atom stereocenters. The molecule has 0 radical (unpaired) electrons. The van der Waals surface area contributed by atoms with E-state index in [-0.39, 0.29) is 17.2 Å². The Morgan fingerprint density at radius 3 is 2.84 bits per heavy atom. The molecule has 2 bridgehead atoms. The van der Waals surface area contributed by atoms with Crippen LogP contribution < -0.4 is 0 Å². The number of amides is 1. The van der Waals surface area contributed by atoms with Gasteiger partial charge in [0.2, 0.25) is 0 Å². The number of hydrogen-bond donors (Lipinski definition) is 0. The average molecular weight is 357 g/mol. The number of likely N-dealkylation sites (tertiary alicyclic amines) is 1. The van der Waals surface area contributed by atoms with Gasteiger partial charge in [0, 0.05) is 41.2 Å². The van der Waals surface area contributed by atoms with Crippen LogP contribution in [-0.4, -0.2) is 54.8 Å². The summed E-state index contributed by atoms with van der Waals surface area (Å²) < 4.78 is 19.6. The van der Waals surface area contributed by atoms with Gasteiger partial charge in [0.05, 0.1) is 24.2 Å². The number of carbonyl (C=O) groups is 1. The molecule has 1 amide bonds. The van der Waals surface area contributed by atoms with Crippen molar-refractivity contribution in [3.05, 3.63) is 41.7 Å². The molecule has 3 atom stereocenters. The van der Waals surface area contributed by atoms with E-state index in [9.17, 15) is 9.00 Å². The third-order valence-corrected chi connectivity index (χ3v) is 7.17. The van der Waals surface area contributed by atoms with E-state index in [0.717, 1.165) is 23.5 Å². The molecule has 0 N–H and O–H groups in total. The molecule has 6 nitrogen and oxygen atoms in total. The molecule has 4 heterocycles. The fourth-order valence-corrected chi connectivity index (χ4v) is 5.84. The first-order valence-electron chi connectivity index (χ1n) is 8.63. The van der Waals surface area contributed by atoms with E-state index in [1.807, 2.05) is 35.2 Å². The Kier molecular flexibility index (Phi) is 3.53. The molecule has 3 aliphatic rings. The molecule has 0 aliphatic carbocycles. The van der Waals surface area contributed by atoms with Crippen LogP contribution in [0.25, 0.3) is 11.4 Å². The second-order valence-corrected chi connectivity index (χ2v) is 8.58. The fraction of sp³-hybridized carbons (Fsp3) is 0.444. The second-order valence-electron chi connectivity index (χ2n) is 6.82. The van der Waals surface area contributed by atoms with E-state index >= 15 is 0 Å². The van der Waals surface area contributed by atoms with Crippen molar-refractivity contribution >= 4 is 16.7 Å². The summed E-state index contributed by atoms with van der Waals surface area (Å²) in [4.78, 5) is 19.8. The highest BCUT2D eigenvalue weighted by molar-refractivity contribution is 7.86. The summed E-state index contributed by atoms with van der Waals surface area (Å²) in [6.07, 6.45) is 0.858. The number of hydrogen-bond acceptors (Lipinski definition) is 4. The molecule has 2 fully saturated rings. The number of fused-ring (bicyclic) bond motifs is 3. The topological polar surface area (TPSA) is 64.4 Å². The van der Waals surface area contributed by atoms with Crippen LogP contribution in [0, 0.1) is 0 Å². The Morgan fingerprint density at radius 1 is 1.28 bits per heavy atom. The van der Waals surface area contributed by atoms with Crippen LogP contribution in [0.3, 0.4) is 0 Å². The van der Waals surface area contributed by atoms with Crippen LogP contribution in [0.1, 0.15) is 22.6 Å². The van der Waals surface area contributed by atoms with Crippen LogP contribution in [0.2, 0.25) is 0 Å². The van der Waals surface area contributed by atoms with Crippen molar-refractivity contribution in [2.24, 2.45) is 0 Å². The molecule has 1 aromatic carbocycles. The van der Waals surface area contributed by atoms with Gasteiger partial charge in [0.1, 0.15) is 5.82 Å². The van der Waals surface area contributed by atoms with Crippen molar-refractivity contribution in [2.75, 3.05) is 18.9 Å². The zero-order chi connectivity index (χ0) is 17.0. The Balaban J connectivity index is 1.55. The zero-order valence-corrected chi connectivity index (χ0v) is 14.6. The van der Waals surface area contributed by atoms with Crippen LogP contribution >= 0.6 is 0 Å². The largest absolute Gasteiger partial charge is 0.373 e. The molecule has 1 aromatic heterocycles. The standard InChI is InChI=1S/C18H19N3O3S/c22-18(21-9-14-8-13(21)11-25(14)23)16-15-10-24-7-6-20(15)17(19-16)12-4-2-1-3-5-12/h1-5,13-14H,6-11H2/t13-,14-,25?/m0/s1. The zero-order valence-electron chi connectivity index (χ0n) is 13.8. The highest BCUT2D eigenvalue weighted by atomic mass is 32.2. The van der Waals surface area contributed by atoms with Crippen LogP contribution in [0.4, 0.5) is 0 Å². The van der Waals surface area contributed by atoms with Crippen molar-refractivity contribution in [1.29, 1.82) is 0 Å². The Hall–Kier alpha value is -1.99. The number of benzene rings is 1. The minimum absolute atomic E-state index is 0.0411. The lowest BCUT2D eigenvalue weighted by atomic mass is 10.2. The predicted molar refractivity (Wildman–Crippen MR) is 93.6 cm³/mol. The lowest BCUT2D eigenvalue weighted by Crippen LogP contribution is -2.43. The molecule has 7 heteroatoms. The molecule has 130 valence electrons. The summed E-state index contributed by atoms with van der Waals surface area (Å²) in [5, 5.41) is 0.136. The monoisotopic (exact) mass is 357 g/mol. The maximum atomic E-state index is 13.2. The summed E-state index contributed by atoms with van der Waals surface area (Å²) in [7, 11) is -0.775. The van der Waals surface area contributed by atoms with E-state index in [0.29, 0.717) is 37.8 Å². The smallest absolute Gasteiger partial charge is 0.274 e. The van der Waals surface area contributed by atoms with Gasteiger partial charge in [0.15, 0.2) is 5.69 Å². The van der Waals surface area contributed by atoms with Gasteiger partial charge in [-0.15, -0.1) is 0 Å². The van der Waals surface area contributed by atoms with Gasteiger partial charge in [-0.25, -0.2) is 4.98 Å².